The zero-order valence-electron chi connectivity index (χ0n) is 15.9. The van der Waals surface area contributed by atoms with E-state index in [-0.39, 0.29) is 17.5 Å². The van der Waals surface area contributed by atoms with Gasteiger partial charge in [-0.25, -0.2) is 9.97 Å². The first-order chi connectivity index (χ1) is 13.2. The number of aryl methyl sites for hydroxylation is 2. The summed E-state index contributed by atoms with van der Waals surface area (Å²) in [6, 6.07) is 3.18. The fraction of sp³-hybridized carbons (Fsp3) is 0.389. The van der Waals surface area contributed by atoms with Crippen LogP contribution in [0.1, 0.15) is 27.2 Å². The minimum Gasteiger partial charge on any atom is -0.495 e. The number of hydrogen-bond donors (Lipinski definition) is 2. The highest BCUT2D eigenvalue weighted by molar-refractivity contribution is 5.97. The van der Waals surface area contributed by atoms with Crippen LogP contribution in [0.2, 0.25) is 0 Å². The summed E-state index contributed by atoms with van der Waals surface area (Å²) in [4.78, 5) is 19.9. The van der Waals surface area contributed by atoms with Crippen molar-refractivity contribution in [3.8, 4) is 5.75 Å². The largest absolute Gasteiger partial charge is 0.495 e. The Labute approximate surface area is 160 Å². The number of alkyl halides is 3. The molecule has 0 atom stereocenters. The fourth-order valence-electron chi connectivity index (χ4n) is 2.49. The van der Waals surface area contributed by atoms with Crippen molar-refractivity contribution < 1.29 is 27.4 Å². The Balaban J connectivity index is 2.28. The number of carbonyl (C=O) groups excluding carboxylic acids is 1. The van der Waals surface area contributed by atoms with Crippen LogP contribution in [0.4, 0.5) is 24.8 Å². The van der Waals surface area contributed by atoms with Gasteiger partial charge in [0.25, 0.3) is 5.91 Å². The monoisotopic (exact) mass is 398 g/mol. The molecule has 1 heterocycles. The third-order valence-electron chi connectivity index (χ3n) is 3.91. The maximum atomic E-state index is 12.8. The molecule has 2 rings (SSSR count). The molecular formula is C18H21F3N4O3. The fourth-order valence-corrected chi connectivity index (χ4v) is 2.49. The second-order valence-electron chi connectivity index (χ2n) is 5.93. The summed E-state index contributed by atoms with van der Waals surface area (Å²) < 4.78 is 48.7. The van der Waals surface area contributed by atoms with E-state index in [2.05, 4.69) is 20.6 Å². The predicted octanol–water partition coefficient (Wildman–Crippen LogP) is 3.24. The molecule has 1 aromatic carbocycles. The third-order valence-corrected chi connectivity index (χ3v) is 3.91. The van der Waals surface area contributed by atoms with E-state index >= 15 is 0 Å². The van der Waals surface area contributed by atoms with Gasteiger partial charge >= 0.3 is 6.18 Å². The SMILES string of the molecule is COCCNC(=O)c1cc(OC)c(Nc2ncc(C(F)(F)F)c(C)n2)cc1C. The molecule has 7 nitrogen and oxygen atoms in total. The Kier molecular flexibility index (Phi) is 6.79. The zero-order valence-corrected chi connectivity index (χ0v) is 15.9. The lowest BCUT2D eigenvalue weighted by atomic mass is 10.1. The van der Waals surface area contributed by atoms with Crippen molar-refractivity contribution in [1.29, 1.82) is 0 Å². The highest BCUT2D eigenvalue weighted by Gasteiger charge is 2.33. The number of nitrogens with one attached hydrogen (secondary N) is 2. The molecule has 0 spiro atoms. The van der Waals surface area contributed by atoms with Crippen molar-refractivity contribution in [2.75, 3.05) is 32.7 Å². The molecule has 0 aliphatic rings. The second-order valence-corrected chi connectivity index (χ2v) is 5.93. The minimum atomic E-state index is -4.52. The number of carbonyl (C=O) groups is 1. The molecular weight excluding hydrogens is 377 g/mol. The van der Waals surface area contributed by atoms with Crippen LogP contribution in [0.15, 0.2) is 18.3 Å². The normalized spacial score (nSPS) is 11.2. The van der Waals surface area contributed by atoms with E-state index in [0.29, 0.717) is 35.7 Å². The molecule has 0 fully saturated rings. The first-order valence-electron chi connectivity index (χ1n) is 8.31. The van der Waals surface area contributed by atoms with Crippen molar-refractivity contribution in [2.24, 2.45) is 0 Å². The summed E-state index contributed by atoms with van der Waals surface area (Å²) in [6.07, 6.45) is -3.80. The van der Waals surface area contributed by atoms with E-state index < -0.39 is 11.7 Å². The Bertz CT molecular complexity index is 857. The Morgan fingerprint density at radius 2 is 1.93 bits per heavy atom. The first kappa shape index (κ1) is 21.4. The summed E-state index contributed by atoms with van der Waals surface area (Å²) in [5, 5.41) is 5.55. The maximum Gasteiger partial charge on any atom is 0.419 e. The van der Waals surface area contributed by atoms with Gasteiger partial charge in [0.05, 0.1) is 30.7 Å². The summed E-state index contributed by atoms with van der Waals surface area (Å²) in [5.41, 5.74) is 0.372. The highest BCUT2D eigenvalue weighted by Crippen LogP contribution is 2.33. The molecule has 0 unspecified atom stereocenters. The van der Waals surface area contributed by atoms with Gasteiger partial charge in [-0.05, 0) is 31.5 Å². The molecule has 2 aromatic rings. The molecule has 2 N–H and O–H groups in total. The van der Waals surface area contributed by atoms with Crippen LogP contribution in [0.25, 0.3) is 0 Å². The number of amides is 1. The molecule has 1 amide bonds. The Morgan fingerprint density at radius 1 is 1.21 bits per heavy atom. The molecule has 0 saturated heterocycles. The van der Waals surface area contributed by atoms with Gasteiger partial charge in [0, 0.05) is 25.4 Å². The molecule has 0 saturated carbocycles. The van der Waals surface area contributed by atoms with Gasteiger partial charge in [0.15, 0.2) is 0 Å². The van der Waals surface area contributed by atoms with Gasteiger partial charge in [-0.15, -0.1) is 0 Å². The topological polar surface area (TPSA) is 85.4 Å². The van der Waals surface area contributed by atoms with Crippen LogP contribution in [0.5, 0.6) is 5.75 Å². The van der Waals surface area contributed by atoms with Crippen molar-refractivity contribution in [3.05, 3.63) is 40.7 Å². The van der Waals surface area contributed by atoms with Gasteiger partial charge < -0.3 is 20.1 Å². The van der Waals surface area contributed by atoms with Gasteiger partial charge in [0.1, 0.15) is 5.75 Å². The molecule has 1 aromatic heterocycles. The molecule has 10 heteroatoms. The van der Waals surface area contributed by atoms with E-state index in [9.17, 15) is 18.0 Å². The summed E-state index contributed by atoms with van der Waals surface area (Å²) in [5.74, 6) is 0.0187. The van der Waals surface area contributed by atoms with E-state index in [4.69, 9.17) is 9.47 Å². The van der Waals surface area contributed by atoms with Crippen LogP contribution in [-0.2, 0) is 10.9 Å². The van der Waals surface area contributed by atoms with Crippen LogP contribution in [0, 0.1) is 13.8 Å². The van der Waals surface area contributed by atoms with E-state index in [1.165, 1.54) is 27.2 Å². The van der Waals surface area contributed by atoms with Crippen LogP contribution >= 0.6 is 0 Å². The average Bonchev–Trinajstić information content (AvgIpc) is 2.61. The molecule has 28 heavy (non-hydrogen) atoms. The second kappa shape index (κ2) is 8.87. The number of hydrogen-bond acceptors (Lipinski definition) is 6. The van der Waals surface area contributed by atoms with Crippen molar-refractivity contribution in [1.82, 2.24) is 15.3 Å². The number of halogens is 3. The van der Waals surface area contributed by atoms with Gasteiger partial charge in [-0.1, -0.05) is 0 Å². The van der Waals surface area contributed by atoms with Gasteiger partial charge in [-0.3, -0.25) is 4.79 Å². The van der Waals surface area contributed by atoms with Gasteiger partial charge in [0.2, 0.25) is 5.95 Å². The number of aromatic nitrogens is 2. The molecule has 0 aliphatic heterocycles. The third kappa shape index (κ3) is 5.10. The molecule has 0 bridgehead atoms. The summed E-state index contributed by atoms with van der Waals surface area (Å²) in [6.45, 7) is 3.72. The van der Waals surface area contributed by atoms with Crippen molar-refractivity contribution in [2.45, 2.75) is 20.0 Å². The molecule has 0 radical (unpaired) electrons. The highest BCUT2D eigenvalue weighted by atomic mass is 19.4. The van der Waals surface area contributed by atoms with E-state index in [1.807, 2.05) is 0 Å². The first-order valence-corrected chi connectivity index (χ1v) is 8.31. The van der Waals surface area contributed by atoms with Crippen molar-refractivity contribution in [3.63, 3.8) is 0 Å². The van der Waals surface area contributed by atoms with Crippen LogP contribution in [0.3, 0.4) is 0 Å². The summed E-state index contributed by atoms with van der Waals surface area (Å²) in [7, 11) is 2.95. The molecule has 152 valence electrons. The van der Waals surface area contributed by atoms with Crippen LogP contribution < -0.4 is 15.4 Å². The lowest BCUT2D eigenvalue weighted by molar-refractivity contribution is -0.138. The van der Waals surface area contributed by atoms with E-state index in [0.717, 1.165) is 6.20 Å². The predicted molar refractivity (Wildman–Crippen MR) is 97.0 cm³/mol. The lowest BCUT2D eigenvalue weighted by Gasteiger charge is -2.15. The Morgan fingerprint density at radius 3 is 2.50 bits per heavy atom. The average molecular weight is 398 g/mol. The number of rotatable bonds is 7. The number of benzene rings is 1. The zero-order chi connectivity index (χ0) is 20.9. The van der Waals surface area contributed by atoms with E-state index in [1.54, 1.807) is 13.0 Å². The molecule has 0 aliphatic carbocycles. The Hall–Kier alpha value is -2.88. The van der Waals surface area contributed by atoms with Crippen LogP contribution in [-0.4, -0.2) is 43.2 Å². The standard InChI is InChI=1S/C18H21F3N4O3/c1-10-7-14(15(28-4)8-12(10)16(26)22-5-6-27-3)25-17-23-9-13(11(2)24-17)18(19,20)21/h7-9H,5-6H2,1-4H3,(H,22,26)(H,23,24,25). The lowest BCUT2D eigenvalue weighted by Crippen LogP contribution is -2.27. The smallest absolute Gasteiger partial charge is 0.419 e. The minimum absolute atomic E-state index is 0.0134. The maximum absolute atomic E-state index is 12.8. The number of ether oxygens (including phenoxy) is 2. The number of methoxy groups -OCH3 is 2. The quantitative estimate of drug-likeness (QED) is 0.697. The summed E-state index contributed by atoms with van der Waals surface area (Å²) >= 11 is 0. The number of nitrogens with zero attached hydrogens (tertiary/aromatic N) is 2. The van der Waals surface area contributed by atoms with Crippen molar-refractivity contribution >= 4 is 17.5 Å². The van der Waals surface area contributed by atoms with Gasteiger partial charge in [-0.2, -0.15) is 13.2 Å². The number of anilines is 2.